The molecule has 0 spiro atoms. The fourth-order valence-corrected chi connectivity index (χ4v) is 3.97. The zero-order valence-electron chi connectivity index (χ0n) is 17.7. The van der Waals surface area contributed by atoms with Crippen molar-refractivity contribution in [2.75, 3.05) is 26.3 Å². The Labute approximate surface area is 179 Å². The number of aryl methyl sites for hydroxylation is 2. The van der Waals surface area contributed by atoms with E-state index in [4.69, 9.17) is 4.74 Å². The molecule has 1 aliphatic heterocycles. The molecule has 0 unspecified atom stereocenters. The molecule has 4 rings (SSSR count). The lowest BCUT2D eigenvalue weighted by molar-refractivity contribution is 0.0124. The van der Waals surface area contributed by atoms with Crippen LogP contribution in [0.15, 0.2) is 41.2 Å². The number of fused-ring (bicyclic) bond motifs is 1. The Hall–Kier alpha value is -3.23. The van der Waals surface area contributed by atoms with E-state index in [9.17, 15) is 14.4 Å². The van der Waals surface area contributed by atoms with Crippen molar-refractivity contribution in [1.29, 1.82) is 0 Å². The summed E-state index contributed by atoms with van der Waals surface area (Å²) in [7, 11) is 0. The van der Waals surface area contributed by atoms with Gasteiger partial charge < -0.3 is 14.3 Å². The molecule has 0 bridgehead atoms. The van der Waals surface area contributed by atoms with Crippen molar-refractivity contribution < 1.29 is 14.3 Å². The molecular formula is C23H26N4O4. The Balaban J connectivity index is 1.70. The van der Waals surface area contributed by atoms with E-state index >= 15 is 0 Å². The van der Waals surface area contributed by atoms with Crippen molar-refractivity contribution in [3.8, 4) is 0 Å². The minimum Gasteiger partial charge on any atom is -0.379 e. The number of rotatable bonds is 6. The number of aromatic amines is 1. The molecule has 8 nitrogen and oxygen atoms in total. The van der Waals surface area contributed by atoms with Gasteiger partial charge in [-0.2, -0.15) is 0 Å². The van der Waals surface area contributed by atoms with E-state index < -0.39 is 0 Å². The van der Waals surface area contributed by atoms with E-state index in [1.807, 2.05) is 24.1 Å². The van der Waals surface area contributed by atoms with Gasteiger partial charge in [0.1, 0.15) is 5.69 Å². The summed E-state index contributed by atoms with van der Waals surface area (Å²) in [5.41, 5.74) is 5.49. The van der Waals surface area contributed by atoms with Gasteiger partial charge in [0.2, 0.25) is 0 Å². The van der Waals surface area contributed by atoms with Gasteiger partial charge in [0.25, 0.3) is 11.5 Å². The summed E-state index contributed by atoms with van der Waals surface area (Å²) in [5.74, 6) is -0.414. The average molecular weight is 422 g/mol. The molecule has 8 heteroatoms. The monoisotopic (exact) mass is 422 g/mol. The van der Waals surface area contributed by atoms with Crippen LogP contribution in [0.1, 0.15) is 39.0 Å². The number of aromatic nitrogens is 2. The van der Waals surface area contributed by atoms with Crippen LogP contribution in [0.3, 0.4) is 0 Å². The van der Waals surface area contributed by atoms with Gasteiger partial charge in [-0.25, -0.2) is 5.01 Å². The Morgan fingerprint density at radius 1 is 1.16 bits per heavy atom. The average Bonchev–Trinajstić information content (AvgIpc) is 3.16. The highest BCUT2D eigenvalue weighted by Gasteiger charge is 2.23. The number of hydrogen-bond donors (Lipinski definition) is 2. The third kappa shape index (κ3) is 4.17. The number of pyridine rings is 1. The van der Waals surface area contributed by atoms with Crippen LogP contribution < -0.4 is 11.0 Å². The Kier molecular flexibility index (Phi) is 6.01. The summed E-state index contributed by atoms with van der Waals surface area (Å²) in [6.07, 6.45) is 0.511. The van der Waals surface area contributed by atoms with Crippen LogP contribution in [0.4, 0.5) is 0 Å². The van der Waals surface area contributed by atoms with E-state index in [1.165, 1.54) is 4.57 Å². The maximum Gasteiger partial charge on any atom is 0.282 e. The van der Waals surface area contributed by atoms with Crippen molar-refractivity contribution in [2.24, 2.45) is 0 Å². The van der Waals surface area contributed by atoms with Gasteiger partial charge in [-0.15, -0.1) is 0 Å². The van der Waals surface area contributed by atoms with Crippen LogP contribution in [0.5, 0.6) is 0 Å². The van der Waals surface area contributed by atoms with E-state index in [0.717, 1.165) is 0 Å². The number of benzene rings is 1. The number of nitrogens with zero attached hydrogens (tertiary/aromatic N) is 2. The predicted molar refractivity (Wildman–Crippen MR) is 117 cm³/mol. The van der Waals surface area contributed by atoms with Gasteiger partial charge in [-0.05, 0) is 25.0 Å². The van der Waals surface area contributed by atoms with Crippen molar-refractivity contribution in [2.45, 2.75) is 26.8 Å². The maximum absolute atomic E-state index is 13.4. The highest BCUT2D eigenvalue weighted by molar-refractivity contribution is 6.01. The Morgan fingerprint density at radius 3 is 2.55 bits per heavy atom. The van der Waals surface area contributed by atoms with Crippen LogP contribution in [0, 0.1) is 6.92 Å². The predicted octanol–water partition coefficient (Wildman–Crippen LogP) is 2.06. The second kappa shape index (κ2) is 8.87. The van der Waals surface area contributed by atoms with Gasteiger partial charge >= 0.3 is 0 Å². The Morgan fingerprint density at radius 2 is 1.87 bits per heavy atom. The smallest absolute Gasteiger partial charge is 0.282 e. The molecule has 0 saturated carbocycles. The molecule has 2 N–H and O–H groups in total. The second-order valence-electron chi connectivity index (χ2n) is 7.63. The molecule has 2 aromatic heterocycles. The third-order valence-electron chi connectivity index (χ3n) is 5.62. The number of carbonyl (C=O) groups is 2. The number of nitrogens with one attached hydrogen (secondary N) is 2. The lowest BCUT2D eigenvalue weighted by Crippen LogP contribution is -2.48. The van der Waals surface area contributed by atoms with Gasteiger partial charge in [0.05, 0.1) is 30.7 Å². The molecule has 1 amide bonds. The van der Waals surface area contributed by atoms with Crippen molar-refractivity contribution in [3.63, 3.8) is 0 Å². The number of ketones is 1. The van der Waals surface area contributed by atoms with Gasteiger partial charge in [-0.1, -0.05) is 37.3 Å². The molecule has 31 heavy (non-hydrogen) atoms. The maximum atomic E-state index is 13.4. The number of Topliss-reactive ketones (excluding diaryl/α,β-unsaturated/α-hetero) is 1. The van der Waals surface area contributed by atoms with E-state index in [-0.39, 0.29) is 23.8 Å². The first-order chi connectivity index (χ1) is 15.0. The summed E-state index contributed by atoms with van der Waals surface area (Å²) < 4.78 is 6.79. The molecule has 3 heterocycles. The summed E-state index contributed by atoms with van der Waals surface area (Å²) in [5, 5.41) is 2.28. The molecular weight excluding hydrogens is 396 g/mol. The number of hydrogen-bond acceptors (Lipinski definition) is 5. The number of carbonyl (C=O) groups excluding carboxylic acids is 2. The lowest BCUT2D eigenvalue weighted by Gasteiger charge is -2.26. The first-order valence-corrected chi connectivity index (χ1v) is 10.5. The van der Waals surface area contributed by atoms with Crippen molar-refractivity contribution in [3.05, 3.63) is 69.3 Å². The molecule has 1 aromatic carbocycles. The molecule has 1 aliphatic rings. The number of H-pyrrole nitrogens is 1. The quantitative estimate of drug-likeness (QED) is 0.593. The van der Waals surface area contributed by atoms with Crippen LogP contribution in [-0.4, -0.2) is 52.6 Å². The fourth-order valence-electron chi connectivity index (χ4n) is 3.97. The Bertz CT molecular complexity index is 1170. The van der Waals surface area contributed by atoms with Crippen LogP contribution in [0.25, 0.3) is 10.9 Å². The topological polar surface area (TPSA) is 96.4 Å². The van der Waals surface area contributed by atoms with E-state index in [1.54, 1.807) is 31.2 Å². The van der Waals surface area contributed by atoms with Gasteiger partial charge in [0, 0.05) is 24.3 Å². The van der Waals surface area contributed by atoms with Crippen LogP contribution in [0.2, 0.25) is 0 Å². The fraction of sp³-hybridized carbons (Fsp3) is 0.348. The number of ether oxygens (including phenoxy) is 1. The zero-order chi connectivity index (χ0) is 22.0. The molecule has 0 atom stereocenters. The summed E-state index contributed by atoms with van der Waals surface area (Å²) in [6.45, 7) is 6.00. The molecule has 162 valence electrons. The number of hydrazine groups is 1. The normalized spacial score (nSPS) is 14.6. The van der Waals surface area contributed by atoms with Gasteiger partial charge in [0.15, 0.2) is 5.78 Å². The first-order valence-electron chi connectivity index (χ1n) is 10.5. The third-order valence-corrected chi connectivity index (χ3v) is 5.62. The second-order valence-corrected chi connectivity index (χ2v) is 7.63. The number of morpholine rings is 1. The van der Waals surface area contributed by atoms with E-state index in [2.05, 4.69) is 10.4 Å². The number of amides is 1. The molecule has 1 saturated heterocycles. The summed E-state index contributed by atoms with van der Waals surface area (Å²) in [4.78, 5) is 42.1. The van der Waals surface area contributed by atoms with E-state index in [0.29, 0.717) is 66.1 Å². The first kappa shape index (κ1) is 21.0. The van der Waals surface area contributed by atoms with Crippen molar-refractivity contribution >= 4 is 22.6 Å². The van der Waals surface area contributed by atoms with Crippen molar-refractivity contribution in [1.82, 2.24) is 20.0 Å². The highest BCUT2D eigenvalue weighted by Crippen LogP contribution is 2.22. The highest BCUT2D eigenvalue weighted by atomic mass is 16.5. The molecule has 0 radical (unpaired) electrons. The molecule has 3 aromatic rings. The minimum absolute atomic E-state index is 0.0474. The minimum atomic E-state index is -0.279. The summed E-state index contributed by atoms with van der Waals surface area (Å²) >= 11 is 0. The van der Waals surface area contributed by atoms with Gasteiger partial charge in [-0.3, -0.25) is 19.8 Å². The lowest BCUT2D eigenvalue weighted by atomic mass is 10.1. The largest absolute Gasteiger partial charge is 0.379 e. The summed E-state index contributed by atoms with van der Waals surface area (Å²) in [6, 6.07) is 10.7. The van der Waals surface area contributed by atoms with Crippen LogP contribution >= 0.6 is 0 Å². The standard InChI is InChI=1S/C23H26N4O4/c1-3-17-20-18(24-21(17)22(29)25-26-9-11-31-12-10-26)13-15(2)27(23(20)30)14-19(28)16-7-5-4-6-8-16/h4-8,13,24H,3,9-12,14H2,1-2H3,(H,25,29). The van der Waals surface area contributed by atoms with Crippen LogP contribution in [-0.2, 0) is 17.7 Å². The molecule has 1 fully saturated rings. The zero-order valence-corrected chi connectivity index (χ0v) is 17.7. The SMILES string of the molecule is CCc1c(C(=O)NN2CCOCC2)[nH]c2cc(C)n(CC(=O)c3ccccc3)c(=O)c12. The molecule has 0 aliphatic carbocycles.